The molecule has 3 aromatic carbocycles. The van der Waals surface area contributed by atoms with Crippen LogP contribution in [0.4, 0.5) is 5.69 Å². The van der Waals surface area contributed by atoms with E-state index in [9.17, 15) is 14.9 Å². The van der Waals surface area contributed by atoms with E-state index in [1.165, 1.54) is 28.9 Å². The number of hydrogen-bond donors (Lipinski definition) is 0. The lowest BCUT2D eigenvalue weighted by Crippen LogP contribution is -2.13. The normalized spacial score (nSPS) is 10.8. The molecule has 0 aliphatic rings. The molecular formula is C19H11ClN4O4. The summed E-state index contributed by atoms with van der Waals surface area (Å²) < 4.78 is 6.81. The molecule has 9 heteroatoms. The summed E-state index contributed by atoms with van der Waals surface area (Å²) in [4.78, 5) is 23.5. The number of para-hydroxylation sites is 2. The van der Waals surface area contributed by atoms with E-state index < -0.39 is 10.8 Å². The monoisotopic (exact) mass is 394 g/mol. The van der Waals surface area contributed by atoms with E-state index >= 15 is 0 Å². The summed E-state index contributed by atoms with van der Waals surface area (Å²) in [7, 11) is 0. The van der Waals surface area contributed by atoms with E-state index in [2.05, 4.69) is 10.3 Å². The minimum atomic E-state index is -0.586. The molecule has 4 aromatic rings. The molecule has 0 radical (unpaired) electrons. The first-order valence-electron chi connectivity index (χ1n) is 8.10. The van der Waals surface area contributed by atoms with Crippen molar-refractivity contribution in [3.63, 3.8) is 0 Å². The molecule has 1 heterocycles. The molecular weight excluding hydrogens is 384 g/mol. The first kappa shape index (κ1) is 17.6. The van der Waals surface area contributed by atoms with E-state index in [0.717, 1.165) is 0 Å². The van der Waals surface area contributed by atoms with Gasteiger partial charge in [-0.2, -0.15) is 4.68 Å². The van der Waals surface area contributed by atoms with Crippen molar-refractivity contribution < 1.29 is 14.5 Å². The van der Waals surface area contributed by atoms with E-state index in [0.29, 0.717) is 11.0 Å². The fourth-order valence-corrected chi connectivity index (χ4v) is 2.90. The average Bonchev–Trinajstić information content (AvgIpc) is 3.13. The molecule has 1 aromatic heterocycles. The second kappa shape index (κ2) is 7.09. The highest BCUT2D eigenvalue weighted by Crippen LogP contribution is 2.37. The lowest BCUT2D eigenvalue weighted by Gasteiger charge is -2.09. The molecule has 0 fully saturated rings. The van der Waals surface area contributed by atoms with Crippen LogP contribution < -0.4 is 4.74 Å². The molecule has 4 rings (SSSR count). The van der Waals surface area contributed by atoms with Gasteiger partial charge in [-0.1, -0.05) is 41.1 Å². The number of halogens is 1. The summed E-state index contributed by atoms with van der Waals surface area (Å²) in [6.45, 7) is 0. The predicted molar refractivity (Wildman–Crippen MR) is 102 cm³/mol. The maximum atomic E-state index is 12.8. The SMILES string of the molecule is O=C(c1cccc(Oc2c(Cl)cccc2[N+](=O)[O-])c1)n1nnc2ccccc21. The first-order chi connectivity index (χ1) is 13.5. The van der Waals surface area contributed by atoms with Crippen molar-refractivity contribution in [2.45, 2.75) is 0 Å². The summed E-state index contributed by atoms with van der Waals surface area (Å²) in [5, 5.41) is 19.2. The van der Waals surface area contributed by atoms with Gasteiger partial charge < -0.3 is 4.74 Å². The Morgan fingerprint density at radius 1 is 1.07 bits per heavy atom. The van der Waals surface area contributed by atoms with Crippen molar-refractivity contribution in [2.75, 3.05) is 0 Å². The zero-order chi connectivity index (χ0) is 19.7. The van der Waals surface area contributed by atoms with E-state index in [1.54, 1.807) is 42.5 Å². The smallest absolute Gasteiger partial charge is 0.313 e. The number of nitrogens with zero attached hydrogens (tertiary/aromatic N) is 4. The van der Waals surface area contributed by atoms with Crippen LogP contribution in [0.2, 0.25) is 5.02 Å². The molecule has 0 aliphatic carbocycles. The van der Waals surface area contributed by atoms with Gasteiger partial charge >= 0.3 is 5.69 Å². The number of fused-ring (bicyclic) bond motifs is 1. The quantitative estimate of drug-likeness (QED) is 0.374. The fourth-order valence-electron chi connectivity index (χ4n) is 2.69. The van der Waals surface area contributed by atoms with Gasteiger partial charge in [-0.15, -0.1) is 5.10 Å². The number of benzene rings is 3. The zero-order valence-corrected chi connectivity index (χ0v) is 14.9. The second-order valence-electron chi connectivity index (χ2n) is 5.77. The Morgan fingerprint density at radius 2 is 1.86 bits per heavy atom. The Kier molecular flexibility index (Phi) is 4.46. The molecule has 0 unspecified atom stereocenters. The third-order valence-electron chi connectivity index (χ3n) is 3.99. The molecule has 0 saturated carbocycles. The maximum absolute atomic E-state index is 12.8. The van der Waals surface area contributed by atoms with Gasteiger partial charge in [-0.05, 0) is 36.4 Å². The van der Waals surface area contributed by atoms with Crippen LogP contribution in [-0.2, 0) is 0 Å². The molecule has 8 nitrogen and oxygen atoms in total. The van der Waals surface area contributed by atoms with Gasteiger partial charge in [0.25, 0.3) is 5.91 Å². The number of ether oxygens (including phenoxy) is 1. The molecule has 0 atom stereocenters. The standard InChI is InChI=1S/C19H11ClN4O4/c20-14-7-4-10-17(24(26)27)18(14)28-13-6-3-5-12(11-13)19(25)23-16-9-2-1-8-15(16)21-22-23/h1-11H. The Hall–Kier alpha value is -3.78. The van der Waals surface area contributed by atoms with E-state index in [1.807, 2.05) is 0 Å². The van der Waals surface area contributed by atoms with Gasteiger partial charge in [0, 0.05) is 11.6 Å². The highest BCUT2D eigenvalue weighted by atomic mass is 35.5. The highest BCUT2D eigenvalue weighted by molar-refractivity contribution is 6.32. The molecule has 0 aliphatic heterocycles. The van der Waals surface area contributed by atoms with Crippen LogP contribution in [0.3, 0.4) is 0 Å². The van der Waals surface area contributed by atoms with Crippen LogP contribution in [0.25, 0.3) is 11.0 Å². The van der Waals surface area contributed by atoms with Gasteiger partial charge in [-0.25, -0.2) is 0 Å². The van der Waals surface area contributed by atoms with Gasteiger partial charge in [0.1, 0.15) is 11.3 Å². The van der Waals surface area contributed by atoms with Crippen molar-refractivity contribution in [1.29, 1.82) is 0 Å². The molecule has 28 heavy (non-hydrogen) atoms. The number of hydrogen-bond acceptors (Lipinski definition) is 6. The number of rotatable bonds is 4. The number of nitro groups is 1. The van der Waals surface area contributed by atoms with Crippen LogP contribution in [-0.4, -0.2) is 25.8 Å². The summed E-state index contributed by atoms with van der Waals surface area (Å²) in [6, 6.07) is 17.5. The first-order valence-corrected chi connectivity index (χ1v) is 8.48. The van der Waals surface area contributed by atoms with Gasteiger partial charge in [0.2, 0.25) is 5.75 Å². The molecule has 0 bridgehead atoms. The third kappa shape index (κ3) is 3.17. The largest absolute Gasteiger partial charge is 0.449 e. The van der Waals surface area contributed by atoms with Crippen LogP contribution in [0, 0.1) is 10.1 Å². The molecule has 0 saturated heterocycles. The van der Waals surface area contributed by atoms with Crippen LogP contribution in [0.15, 0.2) is 66.7 Å². The van der Waals surface area contributed by atoms with Crippen LogP contribution in [0.5, 0.6) is 11.5 Å². The number of carbonyl (C=O) groups excluding carboxylic acids is 1. The van der Waals surface area contributed by atoms with Gasteiger partial charge in [0.05, 0.1) is 15.5 Å². The van der Waals surface area contributed by atoms with Crippen molar-refractivity contribution >= 4 is 34.2 Å². The Morgan fingerprint density at radius 3 is 2.68 bits per heavy atom. The molecule has 0 N–H and O–H groups in total. The van der Waals surface area contributed by atoms with E-state index in [-0.39, 0.29) is 27.8 Å². The zero-order valence-electron chi connectivity index (χ0n) is 14.2. The van der Waals surface area contributed by atoms with Crippen molar-refractivity contribution in [3.8, 4) is 11.5 Å². The van der Waals surface area contributed by atoms with Gasteiger partial charge in [-0.3, -0.25) is 14.9 Å². The van der Waals surface area contributed by atoms with Crippen LogP contribution in [0.1, 0.15) is 10.4 Å². The van der Waals surface area contributed by atoms with E-state index in [4.69, 9.17) is 16.3 Å². The highest BCUT2D eigenvalue weighted by Gasteiger charge is 2.20. The summed E-state index contributed by atoms with van der Waals surface area (Å²) in [5.41, 5.74) is 1.17. The molecule has 0 amide bonds. The van der Waals surface area contributed by atoms with Crippen molar-refractivity contribution in [1.82, 2.24) is 15.0 Å². The number of carbonyl (C=O) groups is 1. The second-order valence-corrected chi connectivity index (χ2v) is 6.18. The Bertz CT molecular complexity index is 1220. The number of aromatic nitrogens is 3. The number of nitro benzene ring substituents is 1. The third-order valence-corrected chi connectivity index (χ3v) is 4.29. The molecule has 0 spiro atoms. The lowest BCUT2D eigenvalue weighted by molar-refractivity contribution is -0.385. The maximum Gasteiger partial charge on any atom is 0.313 e. The predicted octanol–water partition coefficient (Wildman–Crippen LogP) is 4.47. The van der Waals surface area contributed by atoms with Crippen LogP contribution >= 0.6 is 11.6 Å². The van der Waals surface area contributed by atoms with Gasteiger partial charge in [0.15, 0.2) is 0 Å². The Labute approximate surface area is 163 Å². The lowest BCUT2D eigenvalue weighted by atomic mass is 10.2. The average molecular weight is 395 g/mol. The Balaban J connectivity index is 1.70. The molecule has 138 valence electrons. The summed E-state index contributed by atoms with van der Waals surface area (Å²) in [6.07, 6.45) is 0. The minimum Gasteiger partial charge on any atom is -0.449 e. The topological polar surface area (TPSA) is 100 Å². The van der Waals surface area contributed by atoms with Crippen molar-refractivity contribution in [2.24, 2.45) is 0 Å². The fraction of sp³-hybridized carbons (Fsp3) is 0. The summed E-state index contributed by atoms with van der Waals surface area (Å²) >= 11 is 6.05. The summed E-state index contributed by atoms with van der Waals surface area (Å²) in [5.74, 6) is -0.274. The van der Waals surface area contributed by atoms with Crippen molar-refractivity contribution in [3.05, 3.63) is 87.4 Å². The minimum absolute atomic E-state index is 0.0909.